The number of carbonyl (C=O) groups excluding carboxylic acids is 1. The van der Waals surface area contributed by atoms with Gasteiger partial charge in [-0.05, 0) is 23.8 Å². The van der Waals surface area contributed by atoms with Crippen molar-refractivity contribution >= 4 is 14.0 Å². The lowest BCUT2D eigenvalue weighted by molar-refractivity contribution is -0.250. The number of esters is 1. The Morgan fingerprint density at radius 3 is 2.41 bits per heavy atom. The number of hydrogen-bond donors (Lipinski definition) is 0. The first kappa shape index (κ1) is 27.8. The Kier molecular flexibility index (Phi) is 9.39. The van der Waals surface area contributed by atoms with E-state index >= 15 is 0 Å². The standard InChI is InChI=1S/C25H44O8Si/c1-24(2)12-19(32-15-27-3)22(33-16-28-4)25-14-31-23(26)21(25)18(8-9-20(24)25)13-30-17-29-10-11-34(5,6)7/h8-9,18-22H,10-17H2,1-7H3/t18-,19-,20+,21-,22-,25+/m0/s1. The lowest BCUT2D eigenvalue weighted by atomic mass is 9.47. The van der Waals surface area contributed by atoms with Gasteiger partial charge in [-0.2, -0.15) is 0 Å². The summed E-state index contributed by atoms with van der Waals surface area (Å²) in [6, 6.07) is 1.09. The van der Waals surface area contributed by atoms with Gasteiger partial charge in [-0.15, -0.1) is 0 Å². The molecule has 0 bridgehead atoms. The highest BCUT2D eigenvalue weighted by molar-refractivity contribution is 6.76. The molecular formula is C25H44O8Si. The van der Waals surface area contributed by atoms with E-state index in [0.29, 0.717) is 19.8 Å². The van der Waals surface area contributed by atoms with Gasteiger partial charge >= 0.3 is 5.97 Å². The minimum Gasteiger partial charge on any atom is -0.465 e. The van der Waals surface area contributed by atoms with Crippen molar-refractivity contribution in [2.24, 2.45) is 28.6 Å². The van der Waals surface area contributed by atoms with Crippen LogP contribution in [0.1, 0.15) is 20.3 Å². The number of methoxy groups -OCH3 is 2. The number of hydrogen-bond acceptors (Lipinski definition) is 8. The molecule has 196 valence electrons. The summed E-state index contributed by atoms with van der Waals surface area (Å²) in [5.74, 6) is -0.626. The van der Waals surface area contributed by atoms with Crippen LogP contribution in [0.2, 0.25) is 25.7 Å². The predicted molar refractivity (Wildman–Crippen MR) is 130 cm³/mol. The summed E-state index contributed by atoms with van der Waals surface area (Å²) < 4.78 is 40.2. The second-order valence-corrected chi connectivity index (χ2v) is 17.4. The molecule has 1 heterocycles. The van der Waals surface area contributed by atoms with Crippen molar-refractivity contribution in [3.8, 4) is 0 Å². The zero-order chi connectivity index (χ0) is 25.0. The highest BCUT2D eigenvalue weighted by Gasteiger charge is 2.69. The fourth-order valence-corrected chi connectivity index (χ4v) is 6.81. The predicted octanol–water partition coefficient (Wildman–Crippen LogP) is 3.69. The maximum absolute atomic E-state index is 13.2. The van der Waals surface area contributed by atoms with E-state index < -0.39 is 13.5 Å². The van der Waals surface area contributed by atoms with E-state index in [0.717, 1.165) is 12.5 Å². The van der Waals surface area contributed by atoms with E-state index in [-0.39, 0.29) is 61.7 Å². The van der Waals surface area contributed by atoms with E-state index in [4.69, 9.17) is 33.2 Å². The molecule has 0 aromatic carbocycles. The molecule has 0 amide bonds. The Labute approximate surface area is 205 Å². The van der Waals surface area contributed by atoms with Gasteiger partial charge in [0, 0.05) is 34.8 Å². The molecule has 1 spiro atoms. The number of cyclic esters (lactones) is 1. The van der Waals surface area contributed by atoms with Gasteiger partial charge in [0.05, 0.1) is 30.1 Å². The Balaban J connectivity index is 1.80. The molecule has 1 saturated heterocycles. The van der Waals surface area contributed by atoms with Crippen LogP contribution >= 0.6 is 0 Å². The summed E-state index contributed by atoms with van der Waals surface area (Å²) in [6.45, 7) is 13.3. The molecule has 8 nitrogen and oxygen atoms in total. The van der Waals surface area contributed by atoms with Crippen LogP contribution in [0.15, 0.2) is 12.2 Å². The molecule has 6 atom stereocenters. The Bertz CT molecular complexity index is 706. The highest BCUT2D eigenvalue weighted by atomic mass is 28.3. The topological polar surface area (TPSA) is 81.7 Å². The third-order valence-electron chi connectivity index (χ3n) is 7.53. The van der Waals surface area contributed by atoms with Crippen molar-refractivity contribution < 1.29 is 38.0 Å². The SMILES string of the molecule is COCO[C@H]1CC(C)(C)[C@H]2C=C[C@@H](COCOCC[Si](C)(C)C)[C@H]3C(=O)OC[C@]32[C@H]1OCOC. The van der Waals surface area contributed by atoms with Crippen LogP contribution in [0.3, 0.4) is 0 Å². The van der Waals surface area contributed by atoms with Crippen molar-refractivity contribution in [3.05, 3.63) is 12.2 Å². The van der Waals surface area contributed by atoms with Gasteiger partial charge in [0.2, 0.25) is 0 Å². The van der Waals surface area contributed by atoms with E-state index in [1.165, 1.54) is 0 Å². The molecule has 0 aromatic rings. The summed E-state index contributed by atoms with van der Waals surface area (Å²) in [5.41, 5.74) is -0.697. The fourth-order valence-electron chi connectivity index (χ4n) is 6.06. The molecule has 9 heteroatoms. The van der Waals surface area contributed by atoms with Crippen LogP contribution in [0.4, 0.5) is 0 Å². The average Bonchev–Trinajstić information content (AvgIpc) is 3.10. The molecule has 2 fully saturated rings. The van der Waals surface area contributed by atoms with Gasteiger partial charge in [0.1, 0.15) is 27.0 Å². The molecule has 2 aliphatic carbocycles. The van der Waals surface area contributed by atoms with E-state index in [1.54, 1.807) is 14.2 Å². The van der Waals surface area contributed by atoms with Gasteiger partial charge in [0.25, 0.3) is 0 Å². The molecule has 1 saturated carbocycles. The summed E-state index contributed by atoms with van der Waals surface area (Å²) >= 11 is 0. The first-order chi connectivity index (χ1) is 16.1. The van der Waals surface area contributed by atoms with E-state index in [1.807, 2.05) is 0 Å². The number of allylic oxidation sites excluding steroid dienone is 1. The van der Waals surface area contributed by atoms with Crippen molar-refractivity contribution in [3.63, 3.8) is 0 Å². The maximum atomic E-state index is 13.2. The smallest absolute Gasteiger partial charge is 0.310 e. The second kappa shape index (κ2) is 11.5. The molecule has 3 aliphatic rings. The van der Waals surface area contributed by atoms with E-state index in [2.05, 4.69) is 45.6 Å². The average molecular weight is 501 g/mol. The monoisotopic (exact) mass is 500 g/mol. The van der Waals surface area contributed by atoms with Crippen LogP contribution in [-0.2, 0) is 38.0 Å². The molecule has 1 aliphatic heterocycles. The van der Waals surface area contributed by atoms with Crippen LogP contribution in [0, 0.1) is 28.6 Å². The van der Waals surface area contributed by atoms with E-state index in [9.17, 15) is 4.79 Å². The van der Waals surface area contributed by atoms with Gasteiger partial charge in [-0.3, -0.25) is 4.79 Å². The molecule has 0 radical (unpaired) electrons. The molecular weight excluding hydrogens is 456 g/mol. The molecule has 34 heavy (non-hydrogen) atoms. The zero-order valence-corrected chi connectivity index (χ0v) is 23.0. The second-order valence-electron chi connectivity index (χ2n) is 11.7. The minimum absolute atomic E-state index is 0.0879. The number of rotatable bonds is 13. The quantitative estimate of drug-likeness (QED) is 0.125. The summed E-state index contributed by atoms with van der Waals surface area (Å²) in [6.07, 6.45) is 4.52. The maximum Gasteiger partial charge on any atom is 0.310 e. The Morgan fingerprint density at radius 2 is 1.74 bits per heavy atom. The highest BCUT2D eigenvalue weighted by Crippen LogP contribution is 2.62. The van der Waals surface area contributed by atoms with Crippen molar-refractivity contribution in [1.29, 1.82) is 0 Å². The first-order valence-corrected chi connectivity index (χ1v) is 16.0. The summed E-state index contributed by atoms with van der Waals surface area (Å²) in [4.78, 5) is 13.2. The third-order valence-corrected chi connectivity index (χ3v) is 9.23. The summed E-state index contributed by atoms with van der Waals surface area (Å²) in [7, 11) is 2.06. The zero-order valence-electron chi connectivity index (χ0n) is 22.0. The van der Waals surface area contributed by atoms with Gasteiger partial charge in [0.15, 0.2) is 0 Å². The Morgan fingerprint density at radius 1 is 1.03 bits per heavy atom. The van der Waals surface area contributed by atoms with Crippen LogP contribution in [0.5, 0.6) is 0 Å². The van der Waals surface area contributed by atoms with Crippen LogP contribution in [0.25, 0.3) is 0 Å². The van der Waals surface area contributed by atoms with Crippen molar-refractivity contribution in [2.45, 2.75) is 58.2 Å². The number of ether oxygens (including phenoxy) is 7. The number of carbonyl (C=O) groups is 1. The summed E-state index contributed by atoms with van der Waals surface area (Å²) in [5, 5.41) is 0. The fraction of sp³-hybridized carbons (Fsp3) is 0.880. The largest absolute Gasteiger partial charge is 0.465 e. The molecule has 0 unspecified atom stereocenters. The van der Waals surface area contributed by atoms with Crippen molar-refractivity contribution in [1.82, 2.24) is 0 Å². The third kappa shape index (κ3) is 5.94. The normalized spacial score (nSPS) is 34.6. The molecule has 3 rings (SSSR count). The molecule has 0 aromatic heterocycles. The lowest BCUT2D eigenvalue weighted by Gasteiger charge is -2.59. The minimum atomic E-state index is -1.14. The molecule has 0 N–H and O–H groups in total. The van der Waals surface area contributed by atoms with Gasteiger partial charge in [-0.1, -0.05) is 45.6 Å². The van der Waals surface area contributed by atoms with Crippen molar-refractivity contribution in [2.75, 3.05) is 54.4 Å². The van der Waals surface area contributed by atoms with Crippen LogP contribution in [-0.4, -0.2) is 80.7 Å². The van der Waals surface area contributed by atoms with Gasteiger partial charge in [-0.25, -0.2) is 0 Å². The first-order valence-electron chi connectivity index (χ1n) is 12.3. The van der Waals surface area contributed by atoms with Crippen LogP contribution < -0.4 is 0 Å². The van der Waals surface area contributed by atoms with Gasteiger partial charge < -0.3 is 33.2 Å². The Hall–Kier alpha value is -0.813. The lowest BCUT2D eigenvalue weighted by Crippen LogP contribution is -2.64.